The molecule has 3 rings (SSSR count). The van der Waals surface area contributed by atoms with E-state index in [9.17, 15) is 4.79 Å². The Bertz CT molecular complexity index is 716. The third-order valence-electron chi connectivity index (χ3n) is 3.74. The summed E-state index contributed by atoms with van der Waals surface area (Å²) in [7, 11) is 0. The minimum Gasteiger partial charge on any atom is -0.486 e. The van der Waals surface area contributed by atoms with Crippen LogP contribution in [-0.2, 0) is 4.79 Å². The SMILES string of the molecule is Cc1cccc(O[C@@H](C)C(=O)NC[C@H]2COc3ccccc3O2)c1. The molecule has 0 spiro atoms. The van der Waals surface area contributed by atoms with Crippen molar-refractivity contribution in [2.45, 2.75) is 26.1 Å². The van der Waals surface area contributed by atoms with E-state index in [4.69, 9.17) is 14.2 Å². The van der Waals surface area contributed by atoms with Gasteiger partial charge < -0.3 is 19.5 Å². The third kappa shape index (κ3) is 3.98. The van der Waals surface area contributed by atoms with Crippen molar-refractivity contribution < 1.29 is 19.0 Å². The van der Waals surface area contributed by atoms with Gasteiger partial charge in [0.15, 0.2) is 17.6 Å². The smallest absolute Gasteiger partial charge is 0.260 e. The minimum atomic E-state index is -0.580. The van der Waals surface area contributed by atoms with Crippen molar-refractivity contribution in [1.82, 2.24) is 5.32 Å². The molecule has 5 nitrogen and oxygen atoms in total. The van der Waals surface area contributed by atoms with Crippen molar-refractivity contribution in [2.75, 3.05) is 13.2 Å². The van der Waals surface area contributed by atoms with Gasteiger partial charge in [-0.2, -0.15) is 0 Å². The molecule has 2 atom stereocenters. The van der Waals surface area contributed by atoms with Crippen LogP contribution in [0, 0.1) is 6.92 Å². The molecule has 1 N–H and O–H groups in total. The van der Waals surface area contributed by atoms with Crippen LogP contribution in [0.3, 0.4) is 0 Å². The number of hydrogen-bond donors (Lipinski definition) is 1. The number of rotatable bonds is 5. The number of ether oxygens (including phenoxy) is 3. The molecule has 0 aromatic heterocycles. The van der Waals surface area contributed by atoms with Gasteiger partial charge >= 0.3 is 0 Å². The van der Waals surface area contributed by atoms with Crippen LogP contribution in [0.2, 0.25) is 0 Å². The van der Waals surface area contributed by atoms with Gasteiger partial charge in [-0.05, 0) is 43.7 Å². The van der Waals surface area contributed by atoms with E-state index in [2.05, 4.69) is 5.32 Å². The van der Waals surface area contributed by atoms with Crippen LogP contribution in [0.1, 0.15) is 12.5 Å². The van der Waals surface area contributed by atoms with Crippen LogP contribution in [0.4, 0.5) is 0 Å². The summed E-state index contributed by atoms with van der Waals surface area (Å²) in [6.45, 7) is 4.49. The van der Waals surface area contributed by atoms with Gasteiger partial charge in [0.25, 0.3) is 5.91 Å². The number of amides is 1. The van der Waals surface area contributed by atoms with Gasteiger partial charge in [0, 0.05) is 0 Å². The van der Waals surface area contributed by atoms with Gasteiger partial charge in [-0.1, -0.05) is 24.3 Å². The molecule has 1 aliphatic rings. The third-order valence-corrected chi connectivity index (χ3v) is 3.74. The van der Waals surface area contributed by atoms with E-state index >= 15 is 0 Å². The fourth-order valence-electron chi connectivity index (χ4n) is 2.47. The Balaban J connectivity index is 1.49. The van der Waals surface area contributed by atoms with E-state index in [1.165, 1.54) is 0 Å². The molecular formula is C19H21NO4. The van der Waals surface area contributed by atoms with Gasteiger partial charge in [-0.15, -0.1) is 0 Å². The molecule has 0 radical (unpaired) electrons. The maximum Gasteiger partial charge on any atom is 0.260 e. The molecule has 24 heavy (non-hydrogen) atoms. The first kappa shape index (κ1) is 16.2. The highest BCUT2D eigenvalue weighted by Gasteiger charge is 2.22. The highest BCUT2D eigenvalue weighted by molar-refractivity contribution is 5.80. The van der Waals surface area contributed by atoms with Crippen molar-refractivity contribution in [3.63, 3.8) is 0 Å². The highest BCUT2D eigenvalue weighted by Crippen LogP contribution is 2.30. The number of para-hydroxylation sites is 2. The van der Waals surface area contributed by atoms with Gasteiger partial charge in [-0.3, -0.25) is 4.79 Å². The van der Waals surface area contributed by atoms with Crippen molar-refractivity contribution in [1.29, 1.82) is 0 Å². The van der Waals surface area contributed by atoms with Gasteiger partial charge in [0.05, 0.1) is 6.54 Å². The van der Waals surface area contributed by atoms with E-state index in [0.717, 1.165) is 11.3 Å². The van der Waals surface area contributed by atoms with Crippen LogP contribution in [-0.4, -0.2) is 31.3 Å². The minimum absolute atomic E-state index is 0.182. The molecule has 0 unspecified atom stereocenters. The number of benzene rings is 2. The Morgan fingerprint density at radius 2 is 2.04 bits per heavy atom. The molecule has 0 saturated carbocycles. The number of carbonyl (C=O) groups is 1. The average Bonchev–Trinajstić information content (AvgIpc) is 2.59. The molecule has 5 heteroatoms. The largest absolute Gasteiger partial charge is 0.486 e. The normalized spacial score (nSPS) is 17.0. The predicted octanol–water partition coefficient (Wildman–Crippen LogP) is 2.72. The van der Waals surface area contributed by atoms with Crippen LogP contribution >= 0.6 is 0 Å². The number of aryl methyl sites for hydroxylation is 1. The average molecular weight is 327 g/mol. The van der Waals surface area contributed by atoms with Crippen LogP contribution in [0.25, 0.3) is 0 Å². The van der Waals surface area contributed by atoms with Crippen LogP contribution in [0.5, 0.6) is 17.2 Å². The summed E-state index contributed by atoms with van der Waals surface area (Å²) in [6, 6.07) is 15.1. The molecule has 0 saturated heterocycles. The second kappa shape index (κ2) is 7.25. The first-order valence-corrected chi connectivity index (χ1v) is 8.01. The molecule has 1 aliphatic heterocycles. The molecular weight excluding hydrogens is 306 g/mol. The number of hydrogen-bond acceptors (Lipinski definition) is 4. The Hall–Kier alpha value is -2.69. The molecule has 0 aliphatic carbocycles. The van der Waals surface area contributed by atoms with Crippen molar-refractivity contribution >= 4 is 5.91 Å². The number of carbonyl (C=O) groups excluding carboxylic acids is 1. The van der Waals surface area contributed by atoms with Gasteiger partial charge in [0.1, 0.15) is 18.5 Å². The molecule has 2 aromatic carbocycles. The summed E-state index contributed by atoms with van der Waals surface area (Å²) in [4.78, 5) is 12.2. The maximum absolute atomic E-state index is 12.2. The van der Waals surface area contributed by atoms with Gasteiger partial charge in [0.2, 0.25) is 0 Å². The standard InChI is InChI=1S/C19H21NO4/c1-13-6-5-7-15(10-13)23-14(2)19(21)20-11-16-12-22-17-8-3-4-9-18(17)24-16/h3-10,14,16H,11-12H2,1-2H3,(H,20,21)/t14-,16-/m0/s1. The highest BCUT2D eigenvalue weighted by atomic mass is 16.6. The molecule has 1 heterocycles. The van der Waals surface area contributed by atoms with Crippen LogP contribution < -0.4 is 19.5 Å². The quantitative estimate of drug-likeness (QED) is 0.917. The van der Waals surface area contributed by atoms with E-state index in [0.29, 0.717) is 24.7 Å². The zero-order chi connectivity index (χ0) is 16.9. The monoisotopic (exact) mass is 327 g/mol. The second-order valence-electron chi connectivity index (χ2n) is 5.82. The lowest BCUT2D eigenvalue weighted by Crippen LogP contribution is -2.44. The summed E-state index contributed by atoms with van der Waals surface area (Å²) in [5.41, 5.74) is 1.09. The lowest BCUT2D eigenvalue weighted by atomic mass is 10.2. The number of nitrogens with one attached hydrogen (secondary N) is 1. The van der Waals surface area contributed by atoms with Gasteiger partial charge in [-0.25, -0.2) is 0 Å². The molecule has 0 fully saturated rings. The zero-order valence-corrected chi connectivity index (χ0v) is 13.8. The first-order chi connectivity index (χ1) is 11.6. The topological polar surface area (TPSA) is 56.8 Å². The van der Waals surface area contributed by atoms with Crippen molar-refractivity contribution in [3.8, 4) is 17.2 Å². The van der Waals surface area contributed by atoms with Crippen molar-refractivity contribution in [2.24, 2.45) is 0 Å². The van der Waals surface area contributed by atoms with E-state index < -0.39 is 6.10 Å². The molecule has 0 bridgehead atoms. The van der Waals surface area contributed by atoms with Crippen LogP contribution in [0.15, 0.2) is 48.5 Å². The lowest BCUT2D eigenvalue weighted by molar-refractivity contribution is -0.127. The second-order valence-corrected chi connectivity index (χ2v) is 5.82. The lowest BCUT2D eigenvalue weighted by Gasteiger charge is -2.27. The summed E-state index contributed by atoms with van der Waals surface area (Å²) in [6.07, 6.45) is -0.793. The van der Waals surface area contributed by atoms with Crippen molar-refractivity contribution in [3.05, 3.63) is 54.1 Å². The maximum atomic E-state index is 12.2. The molecule has 126 valence electrons. The molecule has 1 amide bonds. The Morgan fingerprint density at radius 3 is 2.83 bits per heavy atom. The Kier molecular flexibility index (Phi) is 4.89. The zero-order valence-electron chi connectivity index (χ0n) is 13.8. The fraction of sp³-hybridized carbons (Fsp3) is 0.316. The summed E-state index contributed by atoms with van der Waals surface area (Å²) < 4.78 is 17.1. The Morgan fingerprint density at radius 1 is 1.25 bits per heavy atom. The number of fused-ring (bicyclic) bond motifs is 1. The summed E-state index contributed by atoms with van der Waals surface area (Å²) in [5.74, 6) is 1.94. The Labute approximate surface area is 141 Å². The first-order valence-electron chi connectivity index (χ1n) is 8.01. The summed E-state index contributed by atoms with van der Waals surface area (Å²) >= 11 is 0. The molecule has 2 aromatic rings. The summed E-state index contributed by atoms with van der Waals surface area (Å²) in [5, 5.41) is 2.85. The van der Waals surface area contributed by atoms with E-state index in [1.807, 2.05) is 55.5 Å². The fourth-order valence-corrected chi connectivity index (χ4v) is 2.47. The predicted molar refractivity (Wildman–Crippen MR) is 90.6 cm³/mol. The van der Waals surface area contributed by atoms with E-state index in [1.54, 1.807) is 6.92 Å². The van der Waals surface area contributed by atoms with E-state index in [-0.39, 0.29) is 12.0 Å².